The van der Waals surface area contributed by atoms with Crippen LogP contribution in [-0.4, -0.2) is 18.6 Å². The fourth-order valence-electron chi connectivity index (χ4n) is 0.520. The van der Waals surface area contributed by atoms with E-state index in [4.69, 9.17) is 4.74 Å². The van der Waals surface area contributed by atoms with Gasteiger partial charge in [-0.3, -0.25) is 0 Å². The van der Waals surface area contributed by atoms with E-state index in [1.54, 1.807) is 6.08 Å². The second-order valence-corrected chi connectivity index (χ2v) is 2.77. The van der Waals surface area contributed by atoms with Crippen molar-refractivity contribution in [3.63, 3.8) is 0 Å². The maximum Gasteiger partial charge on any atom is 0.365 e. The van der Waals surface area contributed by atoms with Gasteiger partial charge in [0.25, 0.3) is 0 Å². The van der Waals surface area contributed by atoms with Gasteiger partial charge in [-0.2, -0.15) is 0 Å². The van der Waals surface area contributed by atoms with Gasteiger partial charge >= 0.3 is 5.97 Å². The maximum atomic E-state index is 11.0. The monoisotopic (exact) mass is 158 g/mol. The van der Waals surface area contributed by atoms with Crippen LogP contribution in [0.4, 0.5) is 0 Å². The molecular formula is C8H16NO2+. The SMILES string of the molecule is C=CCOC(=O)C([NH3+])C(C)C. The van der Waals surface area contributed by atoms with Crippen LogP contribution in [-0.2, 0) is 9.53 Å². The molecular weight excluding hydrogens is 142 g/mol. The largest absolute Gasteiger partial charge is 0.457 e. The van der Waals surface area contributed by atoms with Crippen molar-refractivity contribution in [3.05, 3.63) is 12.7 Å². The summed E-state index contributed by atoms with van der Waals surface area (Å²) in [5, 5.41) is 0. The molecule has 1 unspecified atom stereocenters. The summed E-state index contributed by atoms with van der Waals surface area (Å²) in [5.41, 5.74) is 3.68. The second kappa shape index (κ2) is 4.91. The quantitative estimate of drug-likeness (QED) is 0.462. The van der Waals surface area contributed by atoms with Gasteiger partial charge in [0.1, 0.15) is 6.61 Å². The highest BCUT2D eigenvalue weighted by atomic mass is 16.5. The van der Waals surface area contributed by atoms with Crippen molar-refractivity contribution in [2.24, 2.45) is 5.92 Å². The summed E-state index contributed by atoms with van der Waals surface area (Å²) in [7, 11) is 0. The average Bonchev–Trinajstić information content (AvgIpc) is 1.98. The van der Waals surface area contributed by atoms with Crippen molar-refractivity contribution in [2.45, 2.75) is 19.9 Å². The number of rotatable bonds is 4. The van der Waals surface area contributed by atoms with Crippen LogP contribution in [0.15, 0.2) is 12.7 Å². The molecule has 0 aliphatic heterocycles. The number of carbonyl (C=O) groups is 1. The standard InChI is InChI=1S/C8H15NO2/c1-4-5-11-8(10)7(9)6(2)3/h4,6-7H,1,5,9H2,2-3H3/p+1. The Balaban J connectivity index is 3.73. The van der Waals surface area contributed by atoms with Gasteiger partial charge in [-0.05, 0) is 0 Å². The van der Waals surface area contributed by atoms with Gasteiger partial charge in [-0.15, -0.1) is 0 Å². The number of hydrogen-bond donors (Lipinski definition) is 1. The Morgan fingerprint density at radius 2 is 2.27 bits per heavy atom. The molecule has 3 heteroatoms. The lowest BCUT2D eigenvalue weighted by molar-refractivity contribution is -0.418. The molecule has 11 heavy (non-hydrogen) atoms. The van der Waals surface area contributed by atoms with E-state index in [0.717, 1.165) is 0 Å². The number of hydrogen-bond acceptors (Lipinski definition) is 2. The third-order valence-electron chi connectivity index (χ3n) is 1.45. The van der Waals surface area contributed by atoms with Crippen molar-refractivity contribution in [1.29, 1.82) is 0 Å². The smallest absolute Gasteiger partial charge is 0.365 e. The van der Waals surface area contributed by atoms with E-state index in [0.29, 0.717) is 0 Å². The van der Waals surface area contributed by atoms with Crippen LogP contribution in [0.5, 0.6) is 0 Å². The van der Waals surface area contributed by atoms with Crippen LogP contribution in [0.2, 0.25) is 0 Å². The zero-order chi connectivity index (χ0) is 8.85. The molecule has 0 bridgehead atoms. The van der Waals surface area contributed by atoms with E-state index >= 15 is 0 Å². The Labute approximate surface area is 67.2 Å². The molecule has 0 rings (SSSR count). The van der Waals surface area contributed by atoms with Crippen molar-refractivity contribution in [1.82, 2.24) is 0 Å². The lowest BCUT2D eigenvalue weighted by Gasteiger charge is -2.09. The number of esters is 1. The first-order chi connectivity index (χ1) is 5.09. The van der Waals surface area contributed by atoms with Crippen LogP contribution < -0.4 is 5.73 Å². The molecule has 0 aliphatic carbocycles. The van der Waals surface area contributed by atoms with Crippen LogP contribution >= 0.6 is 0 Å². The summed E-state index contributed by atoms with van der Waals surface area (Å²) in [6, 6.07) is -0.269. The molecule has 0 saturated heterocycles. The topological polar surface area (TPSA) is 53.9 Å². The summed E-state index contributed by atoms with van der Waals surface area (Å²) < 4.78 is 4.79. The molecule has 0 saturated carbocycles. The van der Waals surface area contributed by atoms with Crippen LogP contribution in [0.25, 0.3) is 0 Å². The molecule has 64 valence electrons. The second-order valence-electron chi connectivity index (χ2n) is 2.77. The molecule has 0 fully saturated rings. The third kappa shape index (κ3) is 3.78. The molecule has 3 N–H and O–H groups in total. The number of quaternary nitrogens is 1. The summed E-state index contributed by atoms with van der Waals surface area (Å²) >= 11 is 0. The van der Waals surface area contributed by atoms with E-state index in [-0.39, 0.29) is 24.5 Å². The van der Waals surface area contributed by atoms with E-state index in [2.05, 4.69) is 12.3 Å². The van der Waals surface area contributed by atoms with E-state index < -0.39 is 0 Å². The summed E-state index contributed by atoms with van der Waals surface area (Å²) in [6.45, 7) is 7.59. The predicted octanol–water partition coefficient (Wildman–Crippen LogP) is -0.0179. The Bertz CT molecular complexity index is 143. The minimum Gasteiger partial charge on any atom is -0.457 e. The van der Waals surface area contributed by atoms with Gasteiger partial charge in [-0.25, -0.2) is 4.79 Å². The molecule has 0 aromatic rings. The zero-order valence-electron chi connectivity index (χ0n) is 7.17. The molecule has 0 aliphatic rings. The first-order valence-electron chi connectivity index (χ1n) is 3.70. The Morgan fingerprint density at radius 3 is 2.64 bits per heavy atom. The highest BCUT2D eigenvalue weighted by Crippen LogP contribution is 1.97. The molecule has 1 atom stereocenters. The fourth-order valence-corrected chi connectivity index (χ4v) is 0.520. The highest BCUT2D eigenvalue weighted by Gasteiger charge is 2.21. The predicted molar refractivity (Wildman–Crippen MR) is 42.7 cm³/mol. The molecule has 0 aromatic heterocycles. The summed E-state index contributed by atoms with van der Waals surface area (Å²) in [5.74, 6) is -0.0211. The minimum atomic E-state index is -0.269. The average molecular weight is 158 g/mol. The van der Waals surface area contributed by atoms with Gasteiger partial charge in [0.2, 0.25) is 0 Å². The van der Waals surface area contributed by atoms with Gasteiger partial charge in [0.05, 0.1) is 0 Å². The molecule has 0 spiro atoms. The van der Waals surface area contributed by atoms with Gasteiger partial charge < -0.3 is 10.5 Å². The first-order valence-corrected chi connectivity index (χ1v) is 3.70. The fraction of sp³-hybridized carbons (Fsp3) is 0.625. The lowest BCUT2D eigenvalue weighted by Crippen LogP contribution is -2.67. The Hall–Kier alpha value is -0.830. The minimum absolute atomic E-state index is 0.229. The van der Waals surface area contributed by atoms with E-state index in [1.165, 1.54) is 0 Å². The number of ether oxygens (including phenoxy) is 1. The normalized spacial score (nSPS) is 12.7. The lowest BCUT2D eigenvalue weighted by atomic mass is 10.1. The van der Waals surface area contributed by atoms with Crippen LogP contribution in [0.3, 0.4) is 0 Å². The maximum absolute atomic E-state index is 11.0. The van der Waals surface area contributed by atoms with Gasteiger partial charge in [0.15, 0.2) is 6.04 Å². The van der Waals surface area contributed by atoms with Crippen molar-refractivity contribution >= 4 is 5.97 Å². The summed E-state index contributed by atoms with van der Waals surface area (Å²) in [6.07, 6.45) is 1.55. The summed E-state index contributed by atoms with van der Waals surface area (Å²) in [4.78, 5) is 11.0. The molecule has 0 heterocycles. The third-order valence-corrected chi connectivity index (χ3v) is 1.45. The molecule has 0 radical (unpaired) electrons. The molecule has 3 nitrogen and oxygen atoms in total. The van der Waals surface area contributed by atoms with Crippen LogP contribution in [0, 0.1) is 5.92 Å². The molecule has 0 aromatic carbocycles. The Morgan fingerprint density at radius 1 is 1.73 bits per heavy atom. The number of carbonyl (C=O) groups excluding carboxylic acids is 1. The van der Waals surface area contributed by atoms with E-state index in [1.807, 2.05) is 13.8 Å². The van der Waals surface area contributed by atoms with Crippen molar-refractivity contribution in [3.8, 4) is 0 Å². The van der Waals surface area contributed by atoms with Crippen molar-refractivity contribution < 1.29 is 15.3 Å². The first kappa shape index (κ1) is 10.2. The zero-order valence-corrected chi connectivity index (χ0v) is 7.17. The van der Waals surface area contributed by atoms with Crippen molar-refractivity contribution in [2.75, 3.05) is 6.61 Å². The van der Waals surface area contributed by atoms with Gasteiger partial charge in [0, 0.05) is 5.92 Å². The molecule has 0 amide bonds. The van der Waals surface area contributed by atoms with Gasteiger partial charge in [-0.1, -0.05) is 26.5 Å². The Kier molecular flexibility index (Phi) is 4.54. The van der Waals surface area contributed by atoms with E-state index in [9.17, 15) is 4.79 Å². The highest BCUT2D eigenvalue weighted by molar-refractivity contribution is 5.74. The van der Waals surface area contributed by atoms with Crippen LogP contribution in [0.1, 0.15) is 13.8 Å².